The molecule has 0 aromatic carbocycles. The zero-order chi connectivity index (χ0) is 13.0. The largest absolute Gasteiger partial charge is 0.347 e. The lowest BCUT2D eigenvalue weighted by atomic mass is 10.2. The van der Waals surface area contributed by atoms with E-state index in [1.54, 1.807) is 30.3 Å². The predicted octanol–water partition coefficient (Wildman–Crippen LogP) is 1.83. The second kappa shape index (κ2) is 6.12. The van der Waals surface area contributed by atoms with Crippen molar-refractivity contribution in [1.29, 1.82) is 0 Å². The van der Waals surface area contributed by atoms with Crippen LogP contribution in [0.15, 0.2) is 5.38 Å². The van der Waals surface area contributed by atoms with E-state index in [9.17, 15) is 4.79 Å². The number of rotatable bonds is 5. The molecule has 0 bridgehead atoms. The van der Waals surface area contributed by atoms with Gasteiger partial charge in [-0.1, -0.05) is 6.92 Å². The molecule has 2 atom stereocenters. The lowest BCUT2D eigenvalue weighted by molar-refractivity contribution is -0.130. The number of hydrogen-bond donors (Lipinski definition) is 1. The number of nitrogens with zero attached hydrogens (tertiary/aromatic N) is 2. The topological polar surface area (TPSA) is 45.2 Å². The van der Waals surface area contributed by atoms with Crippen LogP contribution in [-0.4, -0.2) is 35.9 Å². The van der Waals surface area contributed by atoms with E-state index in [1.165, 1.54) is 0 Å². The van der Waals surface area contributed by atoms with Gasteiger partial charge in [0.2, 0.25) is 5.91 Å². The molecule has 0 saturated heterocycles. The highest BCUT2D eigenvalue weighted by atomic mass is 32.1. The van der Waals surface area contributed by atoms with E-state index >= 15 is 0 Å². The first-order chi connectivity index (χ1) is 7.95. The van der Waals surface area contributed by atoms with Crippen molar-refractivity contribution < 1.29 is 4.79 Å². The number of carbonyl (C=O) groups is 1. The Morgan fingerprint density at radius 1 is 1.53 bits per heavy atom. The van der Waals surface area contributed by atoms with Crippen molar-refractivity contribution in [3.63, 3.8) is 0 Å². The van der Waals surface area contributed by atoms with Crippen molar-refractivity contribution in [2.45, 2.75) is 39.3 Å². The number of amides is 1. The molecule has 1 amide bonds. The maximum atomic E-state index is 11.7. The van der Waals surface area contributed by atoms with Crippen molar-refractivity contribution in [3.8, 4) is 0 Å². The number of carbonyl (C=O) groups excluding carboxylic acids is 1. The fraction of sp³-hybridized carbons (Fsp3) is 0.667. The standard InChI is InChI=1S/C12H21N3OS/c1-6-11-14-10(7-17-11)8(2)13-9(3)12(16)15(4)5/h7-9,13H,6H2,1-5H3. The predicted molar refractivity (Wildman–Crippen MR) is 71.2 cm³/mol. The van der Waals surface area contributed by atoms with Crippen LogP contribution in [0.2, 0.25) is 0 Å². The van der Waals surface area contributed by atoms with Crippen molar-refractivity contribution in [2.24, 2.45) is 0 Å². The van der Waals surface area contributed by atoms with Gasteiger partial charge in [-0.25, -0.2) is 4.98 Å². The van der Waals surface area contributed by atoms with E-state index in [2.05, 4.69) is 22.6 Å². The van der Waals surface area contributed by atoms with Gasteiger partial charge in [0.1, 0.15) is 0 Å². The summed E-state index contributed by atoms with van der Waals surface area (Å²) in [6.07, 6.45) is 0.962. The van der Waals surface area contributed by atoms with E-state index < -0.39 is 0 Å². The minimum absolute atomic E-state index is 0.0859. The molecule has 96 valence electrons. The third-order valence-corrected chi connectivity index (χ3v) is 3.64. The maximum Gasteiger partial charge on any atom is 0.238 e. The first kappa shape index (κ1) is 14.1. The van der Waals surface area contributed by atoms with Crippen LogP contribution in [0.5, 0.6) is 0 Å². The Morgan fingerprint density at radius 3 is 2.65 bits per heavy atom. The van der Waals surface area contributed by atoms with Gasteiger partial charge in [-0.3, -0.25) is 10.1 Å². The maximum absolute atomic E-state index is 11.7. The summed E-state index contributed by atoms with van der Waals surface area (Å²) in [5.41, 5.74) is 1.02. The van der Waals surface area contributed by atoms with E-state index in [0.717, 1.165) is 17.1 Å². The molecular formula is C12H21N3OS. The highest BCUT2D eigenvalue weighted by molar-refractivity contribution is 7.09. The van der Waals surface area contributed by atoms with Crippen molar-refractivity contribution in [2.75, 3.05) is 14.1 Å². The molecule has 1 aromatic heterocycles. The highest BCUT2D eigenvalue weighted by Gasteiger charge is 2.18. The Kier molecular flexibility index (Phi) is 5.08. The van der Waals surface area contributed by atoms with E-state index in [0.29, 0.717) is 0 Å². The number of aryl methyl sites for hydroxylation is 1. The third-order valence-electron chi connectivity index (χ3n) is 2.63. The van der Waals surface area contributed by atoms with Gasteiger partial charge in [0.25, 0.3) is 0 Å². The lowest BCUT2D eigenvalue weighted by Gasteiger charge is -2.21. The molecule has 0 aliphatic rings. The van der Waals surface area contributed by atoms with Crippen LogP contribution >= 0.6 is 11.3 Å². The molecule has 2 unspecified atom stereocenters. The molecule has 1 heterocycles. The van der Waals surface area contributed by atoms with E-state index in [1.807, 2.05) is 13.8 Å². The van der Waals surface area contributed by atoms with Crippen molar-refractivity contribution >= 4 is 17.2 Å². The number of aromatic nitrogens is 1. The summed E-state index contributed by atoms with van der Waals surface area (Å²) in [7, 11) is 3.53. The van der Waals surface area contributed by atoms with Crippen molar-refractivity contribution in [3.05, 3.63) is 16.1 Å². The minimum atomic E-state index is -0.188. The highest BCUT2D eigenvalue weighted by Crippen LogP contribution is 2.17. The molecule has 5 heteroatoms. The summed E-state index contributed by atoms with van der Waals surface area (Å²) in [6, 6.07) is -0.0859. The van der Waals surface area contributed by atoms with Gasteiger partial charge in [-0.2, -0.15) is 0 Å². The Hall–Kier alpha value is -0.940. The molecule has 1 N–H and O–H groups in total. The first-order valence-corrected chi connectivity index (χ1v) is 6.75. The molecule has 0 aliphatic heterocycles. The van der Waals surface area contributed by atoms with Gasteiger partial charge in [0, 0.05) is 25.5 Å². The molecular weight excluding hydrogens is 234 g/mol. The molecule has 1 rings (SSSR count). The van der Waals surface area contributed by atoms with Crippen LogP contribution in [0, 0.1) is 0 Å². The summed E-state index contributed by atoms with van der Waals surface area (Å²) in [6.45, 7) is 6.01. The lowest BCUT2D eigenvalue weighted by Crippen LogP contribution is -2.42. The summed E-state index contributed by atoms with van der Waals surface area (Å²) in [5.74, 6) is 0.0859. The number of likely N-dealkylation sites (N-methyl/N-ethyl adjacent to an activating group) is 1. The Bertz CT molecular complexity index is 376. The van der Waals surface area contributed by atoms with Gasteiger partial charge in [-0.15, -0.1) is 11.3 Å². The van der Waals surface area contributed by atoms with Crippen LogP contribution in [-0.2, 0) is 11.2 Å². The first-order valence-electron chi connectivity index (χ1n) is 5.87. The second-order valence-electron chi connectivity index (χ2n) is 4.36. The Balaban J connectivity index is 2.59. The Morgan fingerprint density at radius 2 is 2.18 bits per heavy atom. The number of thiazole rings is 1. The van der Waals surface area contributed by atoms with Crippen LogP contribution < -0.4 is 5.32 Å². The monoisotopic (exact) mass is 255 g/mol. The van der Waals surface area contributed by atoms with E-state index in [4.69, 9.17) is 0 Å². The molecule has 0 spiro atoms. The number of nitrogens with one attached hydrogen (secondary N) is 1. The summed E-state index contributed by atoms with van der Waals surface area (Å²) < 4.78 is 0. The van der Waals surface area contributed by atoms with Gasteiger partial charge >= 0.3 is 0 Å². The summed E-state index contributed by atoms with van der Waals surface area (Å²) in [5, 5.41) is 6.47. The molecule has 0 saturated carbocycles. The van der Waals surface area contributed by atoms with E-state index in [-0.39, 0.29) is 18.0 Å². The fourth-order valence-corrected chi connectivity index (χ4v) is 2.44. The summed E-state index contributed by atoms with van der Waals surface area (Å²) >= 11 is 1.67. The number of hydrogen-bond acceptors (Lipinski definition) is 4. The average molecular weight is 255 g/mol. The summed E-state index contributed by atoms with van der Waals surface area (Å²) in [4.78, 5) is 17.8. The Labute approximate surface area is 107 Å². The van der Waals surface area contributed by atoms with Crippen molar-refractivity contribution in [1.82, 2.24) is 15.2 Å². The van der Waals surface area contributed by atoms with Gasteiger partial charge in [0.15, 0.2) is 0 Å². The molecule has 0 radical (unpaired) electrons. The van der Waals surface area contributed by atoms with Crippen LogP contribution in [0.1, 0.15) is 37.5 Å². The van der Waals surface area contributed by atoms with Gasteiger partial charge < -0.3 is 4.90 Å². The minimum Gasteiger partial charge on any atom is -0.347 e. The van der Waals surface area contributed by atoms with Crippen LogP contribution in [0.25, 0.3) is 0 Å². The van der Waals surface area contributed by atoms with Gasteiger partial charge in [0.05, 0.1) is 16.7 Å². The van der Waals surface area contributed by atoms with Gasteiger partial charge in [-0.05, 0) is 20.3 Å². The smallest absolute Gasteiger partial charge is 0.238 e. The third kappa shape index (κ3) is 3.78. The molecule has 0 aliphatic carbocycles. The molecule has 0 fully saturated rings. The SMILES string of the molecule is CCc1nc(C(C)NC(C)C(=O)N(C)C)cs1. The quantitative estimate of drug-likeness (QED) is 0.873. The fourth-order valence-electron chi connectivity index (χ4n) is 1.61. The van der Waals surface area contributed by atoms with Crippen LogP contribution in [0.3, 0.4) is 0 Å². The zero-order valence-electron chi connectivity index (χ0n) is 11.2. The molecule has 17 heavy (non-hydrogen) atoms. The molecule has 1 aromatic rings. The average Bonchev–Trinajstić information content (AvgIpc) is 2.76. The van der Waals surface area contributed by atoms with Crippen LogP contribution in [0.4, 0.5) is 0 Å². The molecule has 4 nitrogen and oxygen atoms in total. The second-order valence-corrected chi connectivity index (χ2v) is 5.31. The normalized spacial score (nSPS) is 14.4. The zero-order valence-corrected chi connectivity index (χ0v) is 12.0.